The highest BCUT2D eigenvalue weighted by Crippen LogP contribution is 2.42. The second-order valence-corrected chi connectivity index (χ2v) is 14.6. The molecule has 5 unspecified atom stereocenters. The smallest absolute Gasteiger partial charge is 0.261 e. The van der Waals surface area contributed by atoms with Crippen molar-refractivity contribution < 1.29 is 24.2 Å². The second kappa shape index (κ2) is 15.1. The summed E-state index contributed by atoms with van der Waals surface area (Å²) in [4.78, 5) is 29.7. The second-order valence-electron chi connectivity index (χ2n) is 14.6. The molecule has 0 radical (unpaired) electrons. The van der Waals surface area contributed by atoms with E-state index >= 15 is 0 Å². The molecule has 54 heavy (non-hydrogen) atoms. The maximum atomic E-state index is 13.0. The first-order chi connectivity index (χ1) is 26.3. The molecule has 7 heteroatoms. The Labute approximate surface area is 316 Å². The zero-order valence-electron chi connectivity index (χ0n) is 30.8. The molecule has 0 aliphatic carbocycles. The molecule has 6 aromatic carbocycles. The summed E-state index contributed by atoms with van der Waals surface area (Å²) in [5.41, 5.74) is 7.85. The van der Waals surface area contributed by atoms with Crippen LogP contribution in [0.3, 0.4) is 0 Å². The molecule has 6 aromatic rings. The fraction of sp³-hybridized carbons (Fsp3) is 0.234. The summed E-state index contributed by atoms with van der Waals surface area (Å²) in [5, 5.41) is 12.1. The SMILES string of the molecule is CC1C(CN(C)C(C)c2ccc3ccccc3c2)OC(c2ccc(-c3cccc(CN4C(=O)c5ccccc5C4=O)c3)cc2)OC1c1ccc(CO)cc1. The molecule has 2 amide bonds. The standard InChI is InChI=1S/C47H44N2O5/c1-30-43(28-48(3)31(2)38-24-21-34-10-4-5-11-40(34)26-38)53-47(54-44(30)36-17-15-32(29-50)16-18-36)37-22-19-35(20-23-37)39-12-8-9-33(25-39)27-49-45(51)41-13-6-7-14-42(41)46(49)52/h4-26,30-31,43-44,47,50H,27-29H2,1-3H3. The monoisotopic (exact) mass is 716 g/mol. The number of rotatable bonds is 10. The maximum absolute atomic E-state index is 13.0. The Bertz CT molecular complexity index is 2270. The molecule has 2 heterocycles. The van der Waals surface area contributed by atoms with E-state index in [4.69, 9.17) is 9.47 Å². The number of carbonyl (C=O) groups excluding carboxylic acids is 2. The van der Waals surface area contributed by atoms with Crippen molar-refractivity contribution in [1.29, 1.82) is 0 Å². The first-order valence-electron chi connectivity index (χ1n) is 18.6. The van der Waals surface area contributed by atoms with E-state index in [1.807, 2.05) is 48.5 Å². The number of carbonyl (C=O) groups is 2. The quantitative estimate of drug-likeness (QED) is 0.143. The third-order valence-electron chi connectivity index (χ3n) is 11.2. The molecule has 272 valence electrons. The van der Waals surface area contributed by atoms with E-state index in [2.05, 4.69) is 92.5 Å². The van der Waals surface area contributed by atoms with Crippen LogP contribution in [0.25, 0.3) is 21.9 Å². The minimum absolute atomic E-state index is 0.00873. The van der Waals surface area contributed by atoms with E-state index in [1.165, 1.54) is 21.2 Å². The molecular weight excluding hydrogens is 673 g/mol. The predicted molar refractivity (Wildman–Crippen MR) is 210 cm³/mol. The van der Waals surface area contributed by atoms with Crippen molar-refractivity contribution in [2.24, 2.45) is 5.92 Å². The van der Waals surface area contributed by atoms with E-state index in [-0.39, 0.29) is 49.1 Å². The first-order valence-corrected chi connectivity index (χ1v) is 18.6. The van der Waals surface area contributed by atoms with Gasteiger partial charge in [-0.25, -0.2) is 0 Å². The minimum atomic E-state index is -0.590. The summed E-state index contributed by atoms with van der Waals surface area (Å²) >= 11 is 0. The van der Waals surface area contributed by atoms with Crippen molar-refractivity contribution in [3.8, 4) is 11.1 Å². The van der Waals surface area contributed by atoms with Crippen molar-refractivity contribution in [3.05, 3.63) is 178 Å². The van der Waals surface area contributed by atoms with Crippen LogP contribution in [0.1, 0.15) is 80.8 Å². The van der Waals surface area contributed by atoms with Gasteiger partial charge in [0.2, 0.25) is 0 Å². The summed E-state index contributed by atoms with van der Waals surface area (Å²) in [7, 11) is 2.16. The molecule has 0 bridgehead atoms. The first kappa shape index (κ1) is 35.6. The summed E-state index contributed by atoms with van der Waals surface area (Å²) < 4.78 is 13.6. The molecule has 1 N–H and O–H groups in total. The third-order valence-corrected chi connectivity index (χ3v) is 11.2. The summed E-state index contributed by atoms with van der Waals surface area (Å²) in [5.74, 6) is -0.471. The van der Waals surface area contributed by atoms with E-state index < -0.39 is 6.29 Å². The van der Waals surface area contributed by atoms with Gasteiger partial charge in [-0.15, -0.1) is 0 Å². The molecule has 0 spiro atoms. The van der Waals surface area contributed by atoms with Crippen LogP contribution in [0.15, 0.2) is 140 Å². The Morgan fingerprint density at radius 3 is 2.06 bits per heavy atom. The molecule has 0 aromatic heterocycles. The van der Waals surface area contributed by atoms with Crippen LogP contribution in [0.4, 0.5) is 0 Å². The number of fused-ring (bicyclic) bond motifs is 2. The molecule has 1 fully saturated rings. The molecule has 8 rings (SSSR count). The van der Waals surface area contributed by atoms with Gasteiger partial charge in [0.1, 0.15) is 0 Å². The highest BCUT2D eigenvalue weighted by atomic mass is 16.7. The summed E-state index contributed by atoms with van der Waals surface area (Å²) in [6, 6.07) is 46.5. The van der Waals surface area contributed by atoms with Gasteiger partial charge in [-0.3, -0.25) is 19.4 Å². The van der Waals surface area contributed by atoms with Crippen molar-refractivity contribution >= 4 is 22.6 Å². The van der Waals surface area contributed by atoms with Gasteiger partial charge in [0.05, 0.1) is 36.5 Å². The average molecular weight is 717 g/mol. The Kier molecular flexibility index (Phi) is 9.97. The Morgan fingerprint density at radius 1 is 0.685 bits per heavy atom. The number of imide groups is 1. The molecule has 2 aliphatic heterocycles. The lowest BCUT2D eigenvalue weighted by Gasteiger charge is -2.43. The van der Waals surface area contributed by atoms with E-state index in [0.29, 0.717) is 17.7 Å². The highest BCUT2D eigenvalue weighted by molar-refractivity contribution is 6.21. The number of likely N-dealkylation sites (N-methyl/N-ethyl adjacent to an activating group) is 1. The van der Waals surface area contributed by atoms with Crippen LogP contribution in [0, 0.1) is 5.92 Å². The Hall–Kier alpha value is -5.44. The Morgan fingerprint density at radius 2 is 1.35 bits per heavy atom. The lowest BCUT2D eigenvalue weighted by molar-refractivity contribution is -0.276. The van der Waals surface area contributed by atoms with Gasteiger partial charge in [-0.1, -0.05) is 122 Å². The van der Waals surface area contributed by atoms with Gasteiger partial charge in [-0.2, -0.15) is 0 Å². The van der Waals surface area contributed by atoms with Gasteiger partial charge >= 0.3 is 0 Å². The van der Waals surface area contributed by atoms with Crippen molar-refractivity contribution in [2.75, 3.05) is 13.6 Å². The van der Waals surface area contributed by atoms with Crippen LogP contribution in [-0.4, -0.2) is 46.4 Å². The summed E-state index contributed by atoms with van der Waals surface area (Å²) in [6.45, 7) is 5.34. The van der Waals surface area contributed by atoms with Gasteiger partial charge < -0.3 is 14.6 Å². The fourth-order valence-corrected chi connectivity index (χ4v) is 7.74. The Balaban J connectivity index is 1.02. The lowest BCUT2D eigenvalue weighted by atomic mass is 9.89. The molecule has 5 atom stereocenters. The lowest BCUT2D eigenvalue weighted by Crippen LogP contribution is -2.44. The number of hydrogen-bond acceptors (Lipinski definition) is 6. The van der Waals surface area contributed by atoms with Gasteiger partial charge in [0.25, 0.3) is 11.8 Å². The number of hydrogen-bond donors (Lipinski definition) is 1. The van der Waals surface area contributed by atoms with Crippen LogP contribution in [0.5, 0.6) is 0 Å². The zero-order valence-corrected chi connectivity index (χ0v) is 30.8. The largest absolute Gasteiger partial charge is 0.392 e. The summed E-state index contributed by atoms with van der Waals surface area (Å²) in [6.07, 6.45) is -0.936. The number of amides is 2. The molecular formula is C47H44N2O5. The van der Waals surface area contributed by atoms with Gasteiger partial charge in [-0.05, 0) is 82.4 Å². The van der Waals surface area contributed by atoms with Crippen LogP contribution in [-0.2, 0) is 22.6 Å². The minimum Gasteiger partial charge on any atom is -0.392 e. The van der Waals surface area contributed by atoms with Gasteiger partial charge in [0.15, 0.2) is 6.29 Å². The zero-order chi connectivity index (χ0) is 37.3. The van der Waals surface area contributed by atoms with Crippen LogP contribution in [0.2, 0.25) is 0 Å². The number of aliphatic hydroxyl groups is 1. The fourth-order valence-electron chi connectivity index (χ4n) is 7.74. The number of aliphatic hydroxyl groups excluding tert-OH is 1. The predicted octanol–water partition coefficient (Wildman–Crippen LogP) is 9.28. The number of benzene rings is 6. The third kappa shape index (κ3) is 6.99. The molecule has 2 aliphatic rings. The van der Waals surface area contributed by atoms with E-state index in [0.717, 1.165) is 33.4 Å². The molecule has 0 saturated carbocycles. The van der Waals surface area contributed by atoms with E-state index in [9.17, 15) is 14.7 Å². The van der Waals surface area contributed by atoms with Crippen LogP contribution < -0.4 is 0 Å². The van der Waals surface area contributed by atoms with Crippen molar-refractivity contribution in [1.82, 2.24) is 9.80 Å². The number of nitrogens with zero attached hydrogens (tertiary/aromatic N) is 2. The van der Waals surface area contributed by atoms with Gasteiger partial charge in [0, 0.05) is 24.1 Å². The van der Waals surface area contributed by atoms with E-state index in [1.54, 1.807) is 24.3 Å². The topological polar surface area (TPSA) is 79.3 Å². The van der Waals surface area contributed by atoms with Crippen LogP contribution >= 0.6 is 0 Å². The highest BCUT2D eigenvalue weighted by Gasteiger charge is 2.39. The molecule has 7 nitrogen and oxygen atoms in total. The molecule has 1 saturated heterocycles. The average Bonchev–Trinajstić information content (AvgIpc) is 3.45. The number of ether oxygens (including phenoxy) is 2. The normalized spacial score (nSPS) is 20.4. The maximum Gasteiger partial charge on any atom is 0.261 e. The van der Waals surface area contributed by atoms with Crippen molar-refractivity contribution in [2.45, 2.75) is 51.5 Å². The van der Waals surface area contributed by atoms with Crippen molar-refractivity contribution in [3.63, 3.8) is 0 Å².